The number of imidazole rings is 1. The van der Waals surface area contributed by atoms with Gasteiger partial charge >= 0.3 is 5.97 Å². The van der Waals surface area contributed by atoms with Crippen molar-refractivity contribution in [2.24, 2.45) is 10.2 Å². The van der Waals surface area contributed by atoms with Crippen molar-refractivity contribution >= 4 is 23.1 Å². The summed E-state index contributed by atoms with van der Waals surface area (Å²) in [5.74, 6) is -0.911. The van der Waals surface area contributed by atoms with Crippen LogP contribution in [0, 0.1) is 20.8 Å². The van der Waals surface area contributed by atoms with Crippen LogP contribution in [-0.4, -0.2) is 20.5 Å². The molecule has 0 unspecified atom stereocenters. The molecule has 0 aliphatic heterocycles. The molecular formula is C17H16N4O2. The maximum absolute atomic E-state index is 11.4. The molecule has 0 aliphatic rings. The molecule has 0 amide bonds. The molecule has 2 aromatic heterocycles. The Bertz CT molecular complexity index is 941. The van der Waals surface area contributed by atoms with Crippen LogP contribution in [0.1, 0.15) is 27.2 Å². The van der Waals surface area contributed by atoms with E-state index in [0.717, 1.165) is 11.1 Å². The van der Waals surface area contributed by atoms with Crippen molar-refractivity contribution in [3.8, 4) is 0 Å². The minimum absolute atomic E-state index is 0.108. The Labute approximate surface area is 133 Å². The molecule has 23 heavy (non-hydrogen) atoms. The van der Waals surface area contributed by atoms with Gasteiger partial charge < -0.3 is 5.11 Å². The minimum Gasteiger partial charge on any atom is -0.476 e. The highest BCUT2D eigenvalue weighted by Gasteiger charge is 2.18. The van der Waals surface area contributed by atoms with E-state index in [9.17, 15) is 9.90 Å². The summed E-state index contributed by atoms with van der Waals surface area (Å²) >= 11 is 0. The Morgan fingerprint density at radius 2 is 1.87 bits per heavy atom. The predicted molar refractivity (Wildman–Crippen MR) is 87.0 cm³/mol. The van der Waals surface area contributed by atoms with E-state index in [2.05, 4.69) is 15.2 Å². The number of hydrogen-bond donors (Lipinski definition) is 1. The largest absolute Gasteiger partial charge is 0.476 e. The molecule has 1 aromatic carbocycles. The monoisotopic (exact) mass is 308 g/mol. The van der Waals surface area contributed by atoms with Gasteiger partial charge in [0.05, 0.1) is 5.69 Å². The van der Waals surface area contributed by atoms with Crippen molar-refractivity contribution in [3.05, 3.63) is 58.9 Å². The molecule has 0 saturated carbocycles. The highest BCUT2D eigenvalue weighted by Crippen LogP contribution is 2.25. The number of fused-ring (bicyclic) bond motifs is 1. The third-order valence-corrected chi connectivity index (χ3v) is 3.71. The first-order valence-corrected chi connectivity index (χ1v) is 7.16. The van der Waals surface area contributed by atoms with Crippen LogP contribution in [0.4, 0.5) is 11.5 Å². The topological polar surface area (TPSA) is 79.3 Å². The fourth-order valence-electron chi connectivity index (χ4n) is 2.27. The predicted octanol–water partition coefficient (Wildman–Crippen LogP) is 4.37. The first kappa shape index (κ1) is 14.9. The fraction of sp³-hybridized carbons (Fsp3) is 0.176. The summed E-state index contributed by atoms with van der Waals surface area (Å²) in [6.45, 7) is 5.94. The molecule has 0 fully saturated rings. The zero-order valence-corrected chi connectivity index (χ0v) is 13.1. The molecule has 3 aromatic rings. The molecule has 0 saturated heterocycles. The van der Waals surface area contributed by atoms with E-state index in [1.54, 1.807) is 10.6 Å². The molecule has 3 rings (SSSR count). The molecular weight excluding hydrogens is 292 g/mol. The number of aryl methyl sites for hydroxylation is 3. The van der Waals surface area contributed by atoms with Crippen LogP contribution in [0.5, 0.6) is 0 Å². The smallest absolute Gasteiger partial charge is 0.358 e. The summed E-state index contributed by atoms with van der Waals surface area (Å²) < 4.78 is 1.63. The van der Waals surface area contributed by atoms with Crippen molar-refractivity contribution in [1.82, 2.24) is 9.38 Å². The van der Waals surface area contributed by atoms with Crippen LogP contribution in [0.15, 0.2) is 46.8 Å². The number of rotatable bonds is 3. The fourth-order valence-corrected chi connectivity index (χ4v) is 2.27. The lowest BCUT2D eigenvalue weighted by Crippen LogP contribution is -1.96. The number of pyridine rings is 1. The molecule has 1 N–H and O–H groups in total. The van der Waals surface area contributed by atoms with Crippen molar-refractivity contribution in [1.29, 1.82) is 0 Å². The average Bonchev–Trinajstić information content (AvgIpc) is 2.86. The lowest BCUT2D eigenvalue weighted by atomic mass is 10.1. The number of carbonyl (C=O) groups is 1. The number of azo groups is 1. The molecule has 0 atom stereocenters. The van der Waals surface area contributed by atoms with E-state index in [1.807, 2.05) is 51.1 Å². The van der Waals surface area contributed by atoms with Crippen LogP contribution in [-0.2, 0) is 0 Å². The highest BCUT2D eigenvalue weighted by molar-refractivity contribution is 5.91. The minimum atomic E-state index is -1.12. The maximum atomic E-state index is 11.4. The standard InChI is InChI=1S/C17H16N4O2/c1-10-6-7-21-14(8-10)18-15(17(22)23)16(21)20-19-13-5-4-11(2)12(3)9-13/h4-9H,1-3H3,(H,22,23). The van der Waals surface area contributed by atoms with E-state index in [0.29, 0.717) is 11.3 Å². The van der Waals surface area contributed by atoms with E-state index in [-0.39, 0.29) is 11.5 Å². The van der Waals surface area contributed by atoms with Crippen LogP contribution in [0.2, 0.25) is 0 Å². The summed E-state index contributed by atoms with van der Waals surface area (Å²) in [5, 5.41) is 17.6. The Kier molecular flexibility index (Phi) is 3.65. The summed E-state index contributed by atoms with van der Waals surface area (Å²) in [6, 6.07) is 9.39. The second kappa shape index (κ2) is 5.64. The van der Waals surface area contributed by atoms with Crippen LogP contribution < -0.4 is 0 Å². The molecule has 116 valence electrons. The van der Waals surface area contributed by atoms with Gasteiger partial charge in [0.1, 0.15) is 5.65 Å². The molecule has 0 aliphatic carbocycles. The Balaban J connectivity index is 2.10. The molecule has 2 heterocycles. The van der Waals surface area contributed by atoms with Gasteiger partial charge in [-0.1, -0.05) is 6.07 Å². The summed E-state index contributed by atoms with van der Waals surface area (Å²) in [6.07, 6.45) is 1.75. The van der Waals surface area contributed by atoms with Gasteiger partial charge in [-0.05, 0) is 61.7 Å². The third-order valence-electron chi connectivity index (χ3n) is 3.71. The Morgan fingerprint density at radius 1 is 1.09 bits per heavy atom. The van der Waals surface area contributed by atoms with Crippen molar-refractivity contribution in [2.75, 3.05) is 0 Å². The number of hydrogen-bond acceptors (Lipinski definition) is 4. The van der Waals surface area contributed by atoms with Gasteiger partial charge in [-0.25, -0.2) is 9.78 Å². The first-order valence-electron chi connectivity index (χ1n) is 7.16. The number of carboxylic acids is 1. The number of aromatic nitrogens is 2. The maximum Gasteiger partial charge on any atom is 0.358 e. The van der Waals surface area contributed by atoms with Gasteiger partial charge in [-0.3, -0.25) is 4.40 Å². The lowest BCUT2D eigenvalue weighted by Gasteiger charge is -2.00. The third kappa shape index (κ3) is 2.83. The van der Waals surface area contributed by atoms with Gasteiger partial charge in [-0.2, -0.15) is 0 Å². The van der Waals surface area contributed by atoms with Gasteiger partial charge in [-0.15, -0.1) is 10.2 Å². The highest BCUT2D eigenvalue weighted by atomic mass is 16.4. The van der Waals surface area contributed by atoms with Crippen molar-refractivity contribution in [3.63, 3.8) is 0 Å². The van der Waals surface area contributed by atoms with E-state index in [1.165, 1.54) is 5.56 Å². The number of nitrogens with zero attached hydrogens (tertiary/aromatic N) is 4. The number of aromatic carboxylic acids is 1. The average molecular weight is 308 g/mol. The van der Waals surface area contributed by atoms with Gasteiger partial charge in [0.15, 0.2) is 11.5 Å². The van der Waals surface area contributed by atoms with Crippen molar-refractivity contribution in [2.45, 2.75) is 20.8 Å². The zero-order chi connectivity index (χ0) is 16.6. The van der Waals surface area contributed by atoms with Gasteiger partial charge in [0.2, 0.25) is 0 Å². The summed E-state index contributed by atoms with van der Waals surface area (Å²) in [4.78, 5) is 15.5. The summed E-state index contributed by atoms with van der Waals surface area (Å²) in [7, 11) is 0. The molecule has 0 bridgehead atoms. The zero-order valence-electron chi connectivity index (χ0n) is 13.1. The van der Waals surface area contributed by atoms with Crippen LogP contribution >= 0.6 is 0 Å². The molecule has 0 radical (unpaired) electrons. The molecule has 0 spiro atoms. The number of carboxylic acid groups (broad SMARTS) is 1. The van der Waals surface area contributed by atoms with Crippen LogP contribution in [0.3, 0.4) is 0 Å². The van der Waals surface area contributed by atoms with E-state index >= 15 is 0 Å². The van der Waals surface area contributed by atoms with Crippen LogP contribution in [0.25, 0.3) is 5.65 Å². The first-order chi connectivity index (χ1) is 11.0. The van der Waals surface area contributed by atoms with Gasteiger partial charge in [0, 0.05) is 6.20 Å². The Morgan fingerprint density at radius 3 is 2.57 bits per heavy atom. The Hall–Kier alpha value is -3.02. The van der Waals surface area contributed by atoms with E-state index < -0.39 is 5.97 Å². The second-order valence-corrected chi connectivity index (χ2v) is 5.49. The SMILES string of the molecule is Cc1ccn2c(N=Nc3ccc(C)c(C)c3)c(C(=O)O)nc2c1. The van der Waals surface area contributed by atoms with E-state index in [4.69, 9.17) is 0 Å². The number of benzene rings is 1. The van der Waals surface area contributed by atoms with Crippen molar-refractivity contribution < 1.29 is 9.90 Å². The van der Waals surface area contributed by atoms with Gasteiger partial charge in [0.25, 0.3) is 0 Å². The molecule has 6 nitrogen and oxygen atoms in total. The lowest BCUT2D eigenvalue weighted by molar-refractivity contribution is 0.0692. The normalized spacial score (nSPS) is 11.4. The summed E-state index contributed by atoms with van der Waals surface area (Å²) in [5.41, 5.74) is 4.37. The molecule has 6 heteroatoms. The second-order valence-electron chi connectivity index (χ2n) is 5.49. The quantitative estimate of drug-likeness (QED) is 0.729.